The summed E-state index contributed by atoms with van der Waals surface area (Å²) in [5, 5.41) is 8.62. The highest BCUT2D eigenvalue weighted by molar-refractivity contribution is 6.32. The zero-order valence-corrected chi connectivity index (χ0v) is 17.6. The number of imidazole rings is 1. The third-order valence-corrected chi connectivity index (χ3v) is 4.95. The molecule has 0 spiro atoms. The predicted molar refractivity (Wildman–Crippen MR) is 107 cm³/mol. The standard InChI is InChI=1S/C20H12Cl2F4N4O2/c1-9-29-18(22)16(19(28)31)30(9)8-11-2-3-14(21)17(15(11)23)32-13-5-10(7-27)4-12(6-13)20(24,25)26/h2-6H,8H2,1H3,(H2,28,31). The average molecular weight is 487 g/mol. The summed E-state index contributed by atoms with van der Waals surface area (Å²) in [7, 11) is 0. The van der Waals surface area contributed by atoms with E-state index in [0.717, 1.165) is 6.07 Å². The Kier molecular flexibility index (Phi) is 6.34. The van der Waals surface area contributed by atoms with Gasteiger partial charge in [0.1, 0.15) is 17.3 Å². The molecule has 6 nitrogen and oxygen atoms in total. The Labute approximate surface area is 188 Å². The van der Waals surface area contributed by atoms with Gasteiger partial charge >= 0.3 is 6.18 Å². The van der Waals surface area contributed by atoms with E-state index in [1.54, 1.807) is 6.07 Å². The van der Waals surface area contributed by atoms with Crippen molar-refractivity contribution in [2.75, 3.05) is 0 Å². The van der Waals surface area contributed by atoms with Gasteiger partial charge in [-0.15, -0.1) is 0 Å². The number of hydrogen-bond donors (Lipinski definition) is 1. The van der Waals surface area contributed by atoms with Crippen molar-refractivity contribution in [2.45, 2.75) is 19.6 Å². The number of rotatable bonds is 5. The molecule has 12 heteroatoms. The van der Waals surface area contributed by atoms with Crippen LogP contribution in [-0.4, -0.2) is 15.5 Å². The molecule has 1 aromatic heterocycles. The fourth-order valence-corrected chi connectivity index (χ4v) is 3.42. The lowest BCUT2D eigenvalue weighted by molar-refractivity contribution is -0.137. The molecule has 2 N–H and O–H groups in total. The lowest BCUT2D eigenvalue weighted by Crippen LogP contribution is -2.19. The molecule has 0 unspecified atom stereocenters. The largest absolute Gasteiger partial charge is 0.453 e. The van der Waals surface area contributed by atoms with Crippen molar-refractivity contribution in [1.29, 1.82) is 5.26 Å². The number of amides is 1. The van der Waals surface area contributed by atoms with Gasteiger partial charge in [-0.2, -0.15) is 18.4 Å². The second kappa shape index (κ2) is 8.68. The van der Waals surface area contributed by atoms with Crippen molar-refractivity contribution in [3.05, 3.63) is 74.5 Å². The van der Waals surface area contributed by atoms with Gasteiger partial charge in [0.2, 0.25) is 0 Å². The molecule has 2 aromatic carbocycles. The number of hydrogen-bond acceptors (Lipinski definition) is 4. The molecule has 0 saturated carbocycles. The quantitative estimate of drug-likeness (QED) is 0.484. The Morgan fingerprint density at radius 2 is 1.97 bits per heavy atom. The minimum absolute atomic E-state index is 0.0310. The summed E-state index contributed by atoms with van der Waals surface area (Å²) in [5.41, 5.74) is 3.66. The van der Waals surface area contributed by atoms with Crippen molar-refractivity contribution in [3.63, 3.8) is 0 Å². The van der Waals surface area contributed by atoms with E-state index in [-0.39, 0.29) is 39.4 Å². The van der Waals surface area contributed by atoms with Crippen LogP contribution in [0.3, 0.4) is 0 Å². The highest BCUT2D eigenvalue weighted by Gasteiger charge is 2.32. The highest BCUT2D eigenvalue weighted by atomic mass is 35.5. The van der Waals surface area contributed by atoms with Crippen LogP contribution < -0.4 is 10.5 Å². The summed E-state index contributed by atoms with van der Waals surface area (Å²) in [6, 6.07) is 6.43. The molecule has 32 heavy (non-hydrogen) atoms. The van der Waals surface area contributed by atoms with E-state index in [1.165, 1.54) is 23.6 Å². The van der Waals surface area contributed by atoms with Crippen molar-refractivity contribution in [2.24, 2.45) is 5.73 Å². The summed E-state index contributed by atoms with van der Waals surface area (Å²) in [4.78, 5) is 15.6. The third kappa shape index (κ3) is 4.64. The van der Waals surface area contributed by atoms with Gasteiger partial charge in [-0.1, -0.05) is 29.3 Å². The first-order valence-corrected chi connectivity index (χ1v) is 9.47. The Balaban J connectivity index is 2.04. The van der Waals surface area contributed by atoms with E-state index < -0.39 is 35.0 Å². The molecule has 0 aliphatic carbocycles. The molecule has 3 rings (SSSR count). The van der Waals surface area contributed by atoms with E-state index in [2.05, 4.69) is 4.98 Å². The Bertz CT molecular complexity index is 1270. The van der Waals surface area contributed by atoms with Crippen molar-refractivity contribution < 1.29 is 27.1 Å². The maximum Gasteiger partial charge on any atom is 0.416 e. The summed E-state index contributed by atoms with van der Waals surface area (Å²) in [5.74, 6) is -2.59. The number of ether oxygens (including phenoxy) is 1. The molecule has 0 aliphatic heterocycles. The van der Waals surface area contributed by atoms with Crippen LogP contribution in [0.1, 0.15) is 33.0 Å². The van der Waals surface area contributed by atoms with E-state index in [0.29, 0.717) is 12.1 Å². The number of carbonyl (C=O) groups is 1. The van der Waals surface area contributed by atoms with Crippen LogP contribution in [-0.2, 0) is 12.7 Å². The number of primary amides is 1. The second-order valence-corrected chi connectivity index (χ2v) is 7.32. The highest BCUT2D eigenvalue weighted by Crippen LogP contribution is 2.38. The maximum atomic E-state index is 15.2. The van der Waals surface area contributed by atoms with Crippen molar-refractivity contribution in [1.82, 2.24) is 9.55 Å². The first kappa shape index (κ1) is 23.4. The van der Waals surface area contributed by atoms with E-state index in [4.69, 9.17) is 38.9 Å². The van der Waals surface area contributed by atoms with Crippen LogP contribution in [0.25, 0.3) is 0 Å². The van der Waals surface area contributed by atoms with Crippen LogP contribution in [0, 0.1) is 24.1 Å². The lowest BCUT2D eigenvalue weighted by Gasteiger charge is -2.15. The molecule has 1 amide bonds. The monoisotopic (exact) mass is 486 g/mol. The van der Waals surface area contributed by atoms with E-state index in [1.807, 2.05) is 0 Å². The number of nitrogens with two attached hydrogens (primary N) is 1. The van der Waals surface area contributed by atoms with Crippen LogP contribution in [0.5, 0.6) is 11.5 Å². The van der Waals surface area contributed by atoms with Gasteiger partial charge in [-0.3, -0.25) is 4.79 Å². The summed E-state index contributed by atoms with van der Waals surface area (Å²) < 4.78 is 61.1. The molecular weight excluding hydrogens is 475 g/mol. The normalized spacial score (nSPS) is 11.3. The number of halogens is 6. The second-order valence-electron chi connectivity index (χ2n) is 6.56. The summed E-state index contributed by atoms with van der Waals surface area (Å²) in [6.07, 6.45) is -4.75. The first-order chi connectivity index (χ1) is 14.9. The predicted octanol–water partition coefficient (Wildman–Crippen LogP) is 5.47. The molecule has 0 radical (unpaired) electrons. The SMILES string of the molecule is Cc1nc(Cl)c(C(N)=O)n1Cc1ccc(Cl)c(Oc2cc(C#N)cc(C(F)(F)F)c2)c1F. The number of aromatic nitrogens is 2. The van der Waals surface area contributed by atoms with Gasteiger partial charge in [0, 0.05) is 5.56 Å². The molecule has 0 bridgehead atoms. The third-order valence-electron chi connectivity index (χ3n) is 4.39. The molecule has 1 heterocycles. The molecule has 166 valence electrons. The smallest absolute Gasteiger partial charge is 0.416 e. The molecule has 0 atom stereocenters. The summed E-state index contributed by atoms with van der Waals surface area (Å²) in [6.45, 7) is 1.28. The van der Waals surface area contributed by atoms with Crippen LogP contribution in [0.2, 0.25) is 10.2 Å². The van der Waals surface area contributed by atoms with Gasteiger partial charge in [-0.05, 0) is 31.2 Å². The van der Waals surface area contributed by atoms with Crippen molar-refractivity contribution >= 4 is 29.1 Å². The maximum absolute atomic E-state index is 15.2. The van der Waals surface area contributed by atoms with Crippen LogP contribution in [0.4, 0.5) is 17.6 Å². The molecule has 0 fully saturated rings. The van der Waals surface area contributed by atoms with E-state index >= 15 is 4.39 Å². The fourth-order valence-electron chi connectivity index (χ4n) is 2.92. The minimum atomic E-state index is -4.75. The first-order valence-electron chi connectivity index (χ1n) is 8.72. The molecular formula is C20H12Cl2F4N4O2. The zero-order chi connectivity index (χ0) is 23.8. The number of alkyl halides is 3. The number of nitrogens with zero attached hydrogens (tertiary/aromatic N) is 3. The van der Waals surface area contributed by atoms with Gasteiger partial charge in [0.05, 0.1) is 28.8 Å². The Morgan fingerprint density at radius 1 is 1.28 bits per heavy atom. The van der Waals surface area contributed by atoms with Gasteiger partial charge in [0.15, 0.2) is 16.7 Å². The number of carbonyl (C=O) groups excluding carboxylic acids is 1. The molecule has 3 aromatic rings. The van der Waals surface area contributed by atoms with Gasteiger partial charge < -0.3 is 15.0 Å². The van der Waals surface area contributed by atoms with Crippen LogP contribution >= 0.6 is 23.2 Å². The minimum Gasteiger partial charge on any atom is -0.453 e. The zero-order valence-electron chi connectivity index (χ0n) is 16.1. The van der Waals surface area contributed by atoms with Crippen molar-refractivity contribution in [3.8, 4) is 17.6 Å². The average Bonchev–Trinajstić information content (AvgIpc) is 2.99. The number of nitriles is 1. The summed E-state index contributed by atoms with van der Waals surface area (Å²) >= 11 is 11.9. The lowest BCUT2D eigenvalue weighted by atomic mass is 10.1. The van der Waals surface area contributed by atoms with E-state index in [9.17, 15) is 18.0 Å². The molecule has 0 aliphatic rings. The van der Waals surface area contributed by atoms with Gasteiger partial charge in [-0.25, -0.2) is 9.37 Å². The van der Waals surface area contributed by atoms with Gasteiger partial charge in [0.25, 0.3) is 5.91 Å². The number of benzene rings is 2. The topological polar surface area (TPSA) is 93.9 Å². The molecule has 0 saturated heterocycles. The van der Waals surface area contributed by atoms with Crippen LogP contribution in [0.15, 0.2) is 30.3 Å². The fraction of sp³-hybridized carbons (Fsp3) is 0.150. The number of aryl methyl sites for hydroxylation is 1. The Morgan fingerprint density at radius 3 is 2.56 bits per heavy atom. The Hall–Kier alpha value is -3.29.